The van der Waals surface area contributed by atoms with Gasteiger partial charge in [-0.15, -0.1) is 0 Å². The summed E-state index contributed by atoms with van der Waals surface area (Å²) in [7, 11) is 0. The van der Waals surface area contributed by atoms with Gasteiger partial charge in [0.05, 0.1) is 12.7 Å². The van der Waals surface area contributed by atoms with Crippen molar-refractivity contribution < 1.29 is 53.1 Å². The van der Waals surface area contributed by atoms with Gasteiger partial charge in [-0.2, -0.15) is 0 Å². The van der Waals surface area contributed by atoms with Crippen LogP contribution in [0, 0.1) is 0 Å². The summed E-state index contributed by atoms with van der Waals surface area (Å²) in [6, 6.07) is 5.30. The average Bonchev–Trinajstić information content (AvgIpc) is 3.22. The minimum atomic E-state index is -1.18. The molecule has 3 unspecified atom stereocenters. The number of carboxylic acids is 1. The molecule has 0 aliphatic carbocycles. The van der Waals surface area contributed by atoms with Gasteiger partial charge in [0.2, 0.25) is 12.2 Å². The number of nitrogens with one attached hydrogen (secondary N) is 1. The number of aliphatic hydroxyl groups is 1. The largest absolute Gasteiger partial charge is 0.479 e. The van der Waals surface area contributed by atoms with Crippen LogP contribution in [-0.4, -0.2) is 90.1 Å². The van der Waals surface area contributed by atoms with Gasteiger partial charge in [-0.25, -0.2) is 4.79 Å². The van der Waals surface area contributed by atoms with E-state index in [1.54, 1.807) is 12.1 Å². The number of hydrogen-bond donors (Lipinski definition) is 3. The molecule has 13 nitrogen and oxygen atoms in total. The Morgan fingerprint density at radius 2 is 1.92 bits per heavy atom. The summed E-state index contributed by atoms with van der Waals surface area (Å²) < 4.78 is 21.6. The molecular weight excluding hydrogens is 516 g/mol. The van der Waals surface area contributed by atoms with Crippen LogP contribution in [0.2, 0.25) is 0 Å². The lowest BCUT2D eigenvalue weighted by Crippen LogP contribution is -2.42. The molecule has 0 aromatic heterocycles. The molecule has 1 saturated heterocycles. The van der Waals surface area contributed by atoms with Gasteiger partial charge < -0.3 is 34.5 Å². The van der Waals surface area contributed by atoms with Gasteiger partial charge in [-0.3, -0.25) is 24.1 Å². The Labute approximate surface area is 224 Å². The van der Waals surface area contributed by atoms with Gasteiger partial charge >= 0.3 is 5.97 Å². The summed E-state index contributed by atoms with van der Waals surface area (Å²) in [6.07, 6.45) is 0.741. The lowest BCUT2D eigenvalue weighted by molar-refractivity contribution is -0.195. The molecule has 0 spiro atoms. The molecular formula is C26H32N2O11. The summed E-state index contributed by atoms with van der Waals surface area (Å²) in [5.74, 6) is -1.96. The van der Waals surface area contributed by atoms with E-state index in [0.29, 0.717) is 50.4 Å². The maximum atomic E-state index is 11.9. The van der Waals surface area contributed by atoms with Crippen LogP contribution < -0.4 is 10.1 Å². The summed E-state index contributed by atoms with van der Waals surface area (Å²) in [5, 5.41) is 21.8. The van der Waals surface area contributed by atoms with Crippen LogP contribution in [0.15, 0.2) is 30.4 Å². The normalized spacial score (nSPS) is 20.6. The van der Waals surface area contributed by atoms with E-state index in [1.165, 1.54) is 12.2 Å². The lowest BCUT2D eigenvalue weighted by atomic mass is 10.0. The lowest BCUT2D eigenvalue weighted by Gasteiger charge is -2.31. The number of imide groups is 1. The summed E-state index contributed by atoms with van der Waals surface area (Å²) in [5.41, 5.74) is 1.49. The molecule has 2 aliphatic heterocycles. The first kappa shape index (κ1) is 29.7. The predicted octanol–water partition coefficient (Wildman–Crippen LogP) is 0.0695. The Hall–Kier alpha value is -3.81. The van der Waals surface area contributed by atoms with E-state index in [0.717, 1.165) is 10.5 Å². The van der Waals surface area contributed by atoms with Crippen LogP contribution in [-0.2, 0) is 51.2 Å². The van der Waals surface area contributed by atoms with Crippen molar-refractivity contribution in [2.24, 2.45) is 0 Å². The summed E-state index contributed by atoms with van der Waals surface area (Å²) >= 11 is 0. The quantitative estimate of drug-likeness (QED) is 0.145. The molecule has 0 bridgehead atoms. The molecule has 39 heavy (non-hydrogen) atoms. The number of carbonyl (C=O) groups excluding carboxylic acids is 4. The van der Waals surface area contributed by atoms with Crippen molar-refractivity contribution in [2.45, 2.75) is 57.2 Å². The van der Waals surface area contributed by atoms with E-state index in [-0.39, 0.29) is 38.3 Å². The second kappa shape index (κ2) is 15.0. The highest BCUT2D eigenvalue weighted by Gasteiger charge is 2.34. The van der Waals surface area contributed by atoms with Crippen LogP contribution in [0.4, 0.5) is 0 Å². The second-order valence-electron chi connectivity index (χ2n) is 8.96. The van der Waals surface area contributed by atoms with E-state index in [4.69, 9.17) is 18.9 Å². The molecule has 3 amide bonds. The fourth-order valence-electron chi connectivity index (χ4n) is 4.07. The topological polar surface area (TPSA) is 178 Å². The Morgan fingerprint density at radius 1 is 1.15 bits per heavy atom. The number of rotatable bonds is 16. The van der Waals surface area contributed by atoms with E-state index in [9.17, 15) is 34.2 Å². The van der Waals surface area contributed by atoms with Crippen molar-refractivity contribution in [2.75, 3.05) is 26.3 Å². The number of carbonyl (C=O) groups is 5. The van der Waals surface area contributed by atoms with Gasteiger partial charge in [0.25, 0.3) is 18.3 Å². The molecule has 3 atom stereocenters. The van der Waals surface area contributed by atoms with Crippen LogP contribution in [0.5, 0.6) is 5.75 Å². The molecule has 0 saturated carbocycles. The zero-order valence-corrected chi connectivity index (χ0v) is 21.3. The molecule has 0 radical (unpaired) electrons. The highest BCUT2D eigenvalue weighted by molar-refractivity contribution is 6.13. The van der Waals surface area contributed by atoms with Crippen molar-refractivity contribution in [3.05, 3.63) is 41.5 Å². The molecule has 2 aliphatic rings. The van der Waals surface area contributed by atoms with E-state index in [2.05, 4.69) is 5.32 Å². The van der Waals surface area contributed by atoms with Crippen LogP contribution in [0.25, 0.3) is 0 Å². The van der Waals surface area contributed by atoms with Crippen LogP contribution in [0.1, 0.15) is 36.8 Å². The number of ether oxygens (including phenoxy) is 4. The first-order valence-electron chi connectivity index (χ1n) is 12.5. The zero-order valence-electron chi connectivity index (χ0n) is 21.3. The number of carboxylic acid groups (broad SMARTS) is 1. The fraction of sp³-hybridized carbons (Fsp3) is 0.500. The molecule has 3 N–H and O–H groups in total. The number of benzene rings is 1. The van der Waals surface area contributed by atoms with E-state index >= 15 is 0 Å². The minimum absolute atomic E-state index is 0.0165. The van der Waals surface area contributed by atoms with Crippen molar-refractivity contribution in [3.8, 4) is 5.75 Å². The zero-order chi connectivity index (χ0) is 28.2. The van der Waals surface area contributed by atoms with Crippen molar-refractivity contribution >= 4 is 30.2 Å². The second-order valence-corrected chi connectivity index (χ2v) is 8.96. The fourth-order valence-corrected chi connectivity index (χ4v) is 4.07. The first-order valence-corrected chi connectivity index (χ1v) is 12.5. The molecule has 1 aromatic carbocycles. The first-order chi connectivity index (χ1) is 18.8. The monoisotopic (exact) mass is 548 g/mol. The number of aliphatic carboxylic acids is 1. The Bertz CT molecular complexity index is 1060. The summed E-state index contributed by atoms with van der Waals surface area (Å²) in [6.45, 7) is 1.30. The van der Waals surface area contributed by atoms with Crippen molar-refractivity contribution in [1.82, 2.24) is 10.2 Å². The number of amides is 3. The summed E-state index contributed by atoms with van der Waals surface area (Å²) in [4.78, 5) is 57.8. The Kier molecular flexibility index (Phi) is 11.4. The molecule has 1 fully saturated rings. The van der Waals surface area contributed by atoms with Gasteiger partial charge in [0.15, 0.2) is 6.10 Å². The predicted molar refractivity (Wildman–Crippen MR) is 132 cm³/mol. The standard InChI is InChI=1S/C26H32N2O11/c29-16-37-15-18-12-17(3-4-20(18)38-25-14-19(30)13-21(39-25)26(34)35)2-1-10-36-11-8-27-22(31)7-9-28-23(32)5-6-24(28)33/h3-6,12,16,19,21,25,30H,1-2,7-11,13-15H2,(H,27,31)(H,34,35). The molecule has 1 aromatic rings. The molecule has 2 heterocycles. The van der Waals surface area contributed by atoms with E-state index < -0.39 is 36.3 Å². The van der Waals surface area contributed by atoms with Crippen molar-refractivity contribution in [3.63, 3.8) is 0 Å². The van der Waals surface area contributed by atoms with Gasteiger partial charge in [-0.05, 0) is 30.5 Å². The van der Waals surface area contributed by atoms with Gasteiger partial charge in [0.1, 0.15) is 12.4 Å². The van der Waals surface area contributed by atoms with E-state index in [1.807, 2.05) is 6.07 Å². The van der Waals surface area contributed by atoms with Gasteiger partial charge in [0, 0.05) is 56.7 Å². The number of nitrogens with zero attached hydrogens (tertiary/aromatic N) is 1. The Morgan fingerprint density at radius 3 is 2.64 bits per heavy atom. The molecule has 212 valence electrons. The highest BCUT2D eigenvalue weighted by atomic mass is 16.7. The minimum Gasteiger partial charge on any atom is -0.479 e. The third-order valence-electron chi connectivity index (χ3n) is 6.02. The number of hydrogen-bond acceptors (Lipinski definition) is 10. The number of aryl methyl sites for hydroxylation is 1. The van der Waals surface area contributed by atoms with Crippen LogP contribution >= 0.6 is 0 Å². The highest BCUT2D eigenvalue weighted by Crippen LogP contribution is 2.27. The van der Waals surface area contributed by atoms with Crippen molar-refractivity contribution in [1.29, 1.82) is 0 Å². The van der Waals surface area contributed by atoms with Crippen LogP contribution in [0.3, 0.4) is 0 Å². The number of aliphatic hydroxyl groups excluding tert-OH is 1. The smallest absolute Gasteiger partial charge is 0.333 e. The third-order valence-corrected chi connectivity index (χ3v) is 6.02. The Balaban J connectivity index is 1.37. The maximum Gasteiger partial charge on any atom is 0.333 e. The average molecular weight is 549 g/mol. The maximum absolute atomic E-state index is 11.9. The third kappa shape index (κ3) is 9.46. The molecule has 13 heteroatoms. The van der Waals surface area contributed by atoms with Gasteiger partial charge in [-0.1, -0.05) is 6.07 Å². The molecule has 3 rings (SSSR count). The SMILES string of the molecule is O=COCc1cc(CCCOCCNC(=O)CCN2C(=O)C=CC2=O)ccc1OC1CC(O)CC(C(=O)O)O1.